The first-order chi connectivity index (χ1) is 15.1. The molecule has 0 spiro atoms. The number of fused-ring (bicyclic) bond motifs is 1. The minimum atomic E-state index is 0.188. The predicted molar refractivity (Wildman–Crippen MR) is 139 cm³/mol. The average Bonchev–Trinajstić information content (AvgIpc) is 3.16. The summed E-state index contributed by atoms with van der Waals surface area (Å²) in [7, 11) is 2.21. The molecule has 1 atom stereocenters. The van der Waals surface area contributed by atoms with Gasteiger partial charge in [0, 0.05) is 51.2 Å². The van der Waals surface area contributed by atoms with Gasteiger partial charge in [0.15, 0.2) is 0 Å². The first-order valence-corrected chi connectivity index (χ1v) is 12.1. The standard InChI is InChI=1S/C26H25ClIN3/c1-30-14-16-31(17-15-30)26(19-8-12-21(28)13-9-19)24-22-4-2-3-5-23(22)29-25(24)18-6-10-20(27)11-7-18/h2-13,26,29H,14-17H2,1H3. The molecule has 4 aromatic rings. The van der Waals surface area contributed by atoms with Crippen LogP contribution in [0.3, 0.4) is 0 Å². The molecule has 1 fully saturated rings. The molecule has 1 aliphatic heterocycles. The molecule has 5 rings (SSSR count). The molecule has 3 aromatic carbocycles. The van der Waals surface area contributed by atoms with Gasteiger partial charge in [0.05, 0.1) is 11.7 Å². The van der Waals surface area contributed by atoms with Crippen LogP contribution < -0.4 is 0 Å². The van der Waals surface area contributed by atoms with E-state index in [1.165, 1.54) is 36.9 Å². The maximum absolute atomic E-state index is 6.20. The third-order valence-corrected chi connectivity index (χ3v) is 7.21. The van der Waals surface area contributed by atoms with Crippen LogP contribution in [-0.4, -0.2) is 48.0 Å². The van der Waals surface area contributed by atoms with Crippen LogP contribution >= 0.6 is 34.2 Å². The van der Waals surface area contributed by atoms with E-state index in [2.05, 4.69) is 105 Å². The van der Waals surface area contributed by atoms with Crippen LogP contribution in [0.15, 0.2) is 72.8 Å². The predicted octanol–water partition coefficient (Wildman–Crippen LogP) is 6.43. The van der Waals surface area contributed by atoms with Gasteiger partial charge in [-0.05, 0) is 71.1 Å². The van der Waals surface area contributed by atoms with Gasteiger partial charge in [-0.2, -0.15) is 0 Å². The molecule has 1 aliphatic rings. The van der Waals surface area contributed by atoms with Crippen LogP contribution in [0.1, 0.15) is 17.2 Å². The summed E-state index contributed by atoms with van der Waals surface area (Å²) in [6.45, 7) is 4.26. The van der Waals surface area contributed by atoms with Crippen molar-refractivity contribution in [3.05, 3.63) is 92.5 Å². The SMILES string of the molecule is CN1CCN(C(c2ccc(I)cc2)c2c(-c3ccc(Cl)cc3)[nH]c3ccccc23)CC1. The molecule has 1 saturated heterocycles. The first kappa shape index (κ1) is 21.0. The molecular weight excluding hydrogens is 517 g/mol. The molecular formula is C26H25ClIN3. The average molecular weight is 542 g/mol. The van der Waals surface area contributed by atoms with Gasteiger partial charge in [-0.1, -0.05) is 54.1 Å². The minimum Gasteiger partial charge on any atom is -0.354 e. The quantitative estimate of drug-likeness (QED) is 0.301. The Labute approximate surface area is 202 Å². The molecule has 1 unspecified atom stereocenters. The van der Waals surface area contributed by atoms with Crippen LogP contribution in [0, 0.1) is 3.57 Å². The number of nitrogens with zero attached hydrogens (tertiary/aromatic N) is 2. The molecule has 0 radical (unpaired) electrons. The Morgan fingerprint density at radius 1 is 0.871 bits per heavy atom. The van der Waals surface area contributed by atoms with Crippen molar-refractivity contribution in [1.29, 1.82) is 0 Å². The summed E-state index contributed by atoms with van der Waals surface area (Å²) in [4.78, 5) is 8.78. The third-order valence-electron chi connectivity index (χ3n) is 6.24. The topological polar surface area (TPSA) is 22.3 Å². The van der Waals surface area contributed by atoms with Gasteiger partial charge in [0.1, 0.15) is 0 Å². The van der Waals surface area contributed by atoms with E-state index >= 15 is 0 Å². The molecule has 3 nitrogen and oxygen atoms in total. The molecule has 5 heteroatoms. The second-order valence-corrected chi connectivity index (χ2v) is 9.94. The molecule has 0 amide bonds. The van der Waals surface area contributed by atoms with Crippen molar-refractivity contribution in [1.82, 2.24) is 14.8 Å². The van der Waals surface area contributed by atoms with Gasteiger partial charge in [0.2, 0.25) is 0 Å². The first-order valence-electron chi connectivity index (χ1n) is 10.6. The number of aromatic amines is 1. The summed E-state index contributed by atoms with van der Waals surface area (Å²) in [5.41, 5.74) is 6.21. The molecule has 1 N–H and O–H groups in total. The van der Waals surface area contributed by atoms with Gasteiger partial charge < -0.3 is 9.88 Å². The Morgan fingerprint density at radius 2 is 1.55 bits per heavy atom. The van der Waals surface area contributed by atoms with Crippen LogP contribution in [0.2, 0.25) is 5.02 Å². The fourth-order valence-corrected chi connectivity index (χ4v) is 5.06. The Morgan fingerprint density at radius 3 is 2.26 bits per heavy atom. The second kappa shape index (κ2) is 8.94. The van der Waals surface area contributed by atoms with Gasteiger partial charge in [-0.25, -0.2) is 0 Å². The van der Waals surface area contributed by atoms with Crippen LogP contribution in [0.5, 0.6) is 0 Å². The zero-order chi connectivity index (χ0) is 21.4. The van der Waals surface area contributed by atoms with Gasteiger partial charge in [0.25, 0.3) is 0 Å². The van der Waals surface area contributed by atoms with E-state index in [1.54, 1.807) is 0 Å². The number of aromatic nitrogens is 1. The van der Waals surface area contributed by atoms with Crippen molar-refractivity contribution in [3.8, 4) is 11.3 Å². The second-order valence-electron chi connectivity index (χ2n) is 8.26. The normalized spacial score (nSPS) is 16.6. The Balaban J connectivity index is 1.73. The number of hydrogen-bond acceptors (Lipinski definition) is 2. The largest absolute Gasteiger partial charge is 0.354 e. The lowest BCUT2D eigenvalue weighted by molar-refractivity contribution is 0.128. The number of likely N-dealkylation sites (N-methyl/N-ethyl adjacent to an activating group) is 1. The lowest BCUT2D eigenvalue weighted by atomic mass is 9.92. The van der Waals surface area contributed by atoms with E-state index in [0.717, 1.165) is 31.2 Å². The summed E-state index contributed by atoms with van der Waals surface area (Å²) < 4.78 is 1.26. The number of piperazine rings is 1. The molecule has 158 valence electrons. The molecule has 0 saturated carbocycles. The van der Waals surface area contributed by atoms with E-state index in [1.807, 2.05) is 12.1 Å². The molecule has 1 aromatic heterocycles. The van der Waals surface area contributed by atoms with Crippen molar-refractivity contribution < 1.29 is 0 Å². The fraction of sp³-hybridized carbons (Fsp3) is 0.231. The number of benzene rings is 3. The van der Waals surface area contributed by atoms with E-state index in [-0.39, 0.29) is 6.04 Å². The summed E-state index contributed by atoms with van der Waals surface area (Å²) in [6.07, 6.45) is 0. The van der Waals surface area contributed by atoms with Crippen molar-refractivity contribution >= 4 is 45.1 Å². The molecule has 2 heterocycles. The Hall–Kier alpha value is -1.86. The van der Waals surface area contributed by atoms with Gasteiger partial charge in [-0.15, -0.1) is 0 Å². The molecule has 31 heavy (non-hydrogen) atoms. The zero-order valence-electron chi connectivity index (χ0n) is 17.5. The zero-order valence-corrected chi connectivity index (χ0v) is 20.4. The van der Waals surface area contributed by atoms with Crippen LogP contribution in [0.4, 0.5) is 0 Å². The van der Waals surface area contributed by atoms with Gasteiger partial charge in [-0.3, -0.25) is 4.90 Å². The fourth-order valence-electron chi connectivity index (χ4n) is 4.58. The van der Waals surface area contributed by atoms with Crippen molar-refractivity contribution in [3.63, 3.8) is 0 Å². The number of halogens is 2. The van der Waals surface area contributed by atoms with Crippen molar-refractivity contribution in [2.45, 2.75) is 6.04 Å². The lowest BCUT2D eigenvalue weighted by Crippen LogP contribution is -2.46. The molecule has 0 bridgehead atoms. The number of hydrogen-bond donors (Lipinski definition) is 1. The summed E-state index contributed by atoms with van der Waals surface area (Å²) in [5.74, 6) is 0. The van der Waals surface area contributed by atoms with E-state index < -0.39 is 0 Å². The smallest absolute Gasteiger partial charge is 0.0630 e. The maximum atomic E-state index is 6.20. The van der Waals surface area contributed by atoms with Crippen LogP contribution in [-0.2, 0) is 0 Å². The van der Waals surface area contributed by atoms with Crippen molar-refractivity contribution in [2.75, 3.05) is 33.2 Å². The summed E-state index contributed by atoms with van der Waals surface area (Å²) in [6, 6.07) is 26.0. The van der Waals surface area contributed by atoms with Gasteiger partial charge >= 0.3 is 0 Å². The summed E-state index contributed by atoms with van der Waals surface area (Å²) >= 11 is 8.59. The summed E-state index contributed by atoms with van der Waals surface area (Å²) in [5, 5.41) is 2.05. The lowest BCUT2D eigenvalue weighted by Gasteiger charge is -2.38. The number of rotatable bonds is 4. The van der Waals surface area contributed by atoms with E-state index in [9.17, 15) is 0 Å². The highest BCUT2D eigenvalue weighted by molar-refractivity contribution is 14.1. The van der Waals surface area contributed by atoms with Crippen molar-refractivity contribution in [2.24, 2.45) is 0 Å². The highest BCUT2D eigenvalue weighted by atomic mass is 127. The minimum absolute atomic E-state index is 0.188. The number of H-pyrrole nitrogens is 1. The molecule has 0 aliphatic carbocycles. The van der Waals surface area contributed by atoms with E-state index in [0.29, 0.717) is 0 Å². The highest BCUT2D eigenvalue weighted by Gasteiger charge is 2.30. The third kappa shape index (κ3) is 4.27. The number of nitrogens with one attached hydrogen (secondary N) is 1. The Bertz CT molecular complexity index is 1180. The van der Waals surface area contributed by atoms with E-state index in [4.69, 9.17) is 11.6 Å². The highest BCUT2D eigenvalue weighted by Crippen LogP contribution is 2.41. The van der Waals surface area contributed by atoms with Crippen LogP contribution in [0.25, 0.3) is 22.2 Å². The monoisotopic (exact) mass is 541 g/mol. The number of para-hydroxylation sites is 1. The Kier molecular flexibility index (Phi) is 6.06. The maximum Gasteiger partial charge on any atom is 0.0630 e.